The highest BCUT2D eigenvalue weighted by molar-refractivity contribution is 5.38. The first-order valence-corrected chi connectivity index (χ1v) is 5.84. The van der Waals surface area contributed by atoms with E-state index in [1.165, 1.54) is 6.20 Å². The molecule has 1 aromatic carbocycles. The van der Waals surface area contributed by atoms with Gasteiger partial charge in [0, 0.05) is 6.54 Å². The second kappa shape index (κ2) is 6.44. The van der Waals surface area contributed by atoms with Crippen molar-refractivity contribution in [3.63, 3.8) is 0 Å². The third kappa shape index (κ3) is 3.93. The van der Waals surface area contributed by atoms with Crippen LogP contribution in [-0.2, 0) is 0 Å². The number of nitrogens with one attached hydrogen (secondary N) is 1. The molecule has 1 aromatic heterocycles. The van der Waals surface area contributed by atoms with Crippen molar-refractivity contribution < 1.29 is 4.74 Å². The zero-order valence-electron chi connectivity index (χ0n) is 10.0. The molecule has 2 aromatic rings. The molecule has 0 radical (unpaired) electrons. The van der Waals surface area contributed by atoms with Crippen LogP contribution in [0.3, 0.4) is 0 Å². The fourth-order valence-corrected chi connectivity index (χ4v) is 1.46. The summed E-state index contributed by atoms with van der Waals surface area (Å²) in [6.07, 6.45) is 4.05. The monoisotopic (exact) mass is 244 g/mol. The molecule has 0 spiro atoms. The van der Waals surface area contributed by atoms with E-state index in [0.29, 0.717) is 18.2 Å². The Bertz CT molecular complexity index is 475. The Morgan fingerprint density at radius 1 is 1.17 bits per heavy atom. The van der Waals surface area contributed by atoms with Crippen molar-refractivity contribution in [2.75, 3.05) is 24.2 Å². The SMILES string of the molecule is Nc1cncc(NCCCOc2ccccc2)n1. The number of para-hydroxylation sites is 1. The summed E-state index contributed by atoms with van der Waals surface area (Å²) in [6.45, 7) is 1.43. The number of rotatable bonds is 6. The second-order valence-electron chi connectivity index (χ2n) is 3.77. The van der Waals surface area contributed by atoms with E-state index in [4.69, 9.17) is 10.5 Å². The predicted molar refractivity (Wildman–Crippen MR) is 71.5 cm³/mol. The minimum atomic E-state index is 0.417. The third-order valence-corrected chi connectivity index (χ3v) is 2.29. The Hall–Kier alpha value is -2.30. The van der Waals surface area contributed by atoms with Crippen molar-refractivity contribution >= 4 is 11.6 Å². The van der Waals surface area contributed by atoms with Gasteiger partial charge in [-0.3, -0.25) is 4.98 Å². The highest BCUT2D eigenvalue weighted by atomic mass is 16.5. The van der Waals surface area contributed by atoms with Gasteiger partial charge in [0.2, 0.25) is 0 Å². The molecule has 3 N–H and O–H groups in total. The van der Waals surface area contributed by atoms with E-state index in [9.17, 15) is 0 Å². The summed E-state index contributed by atoms with van der Waals surface area (Å²) in [5.74, 6) is 2.00. The first kappa shape index (κ1) is 12.2. The second-order valence-corrected chi connectivity index (χ2v) is 3.77. The molecule has 2 rings (SSSR count). The molecule has 0 aliphatic rings. The van der Waals surface area contributed by atoms with Gasteiger partial charge in [0.1, 0.15) is 17.4 Å². The quantitative estimate of drug-likeness (QED) is 0.760. The van der Waals surface area contributed by atoms with Crippen LogP contribution in [-0.4, -0.2) is 23.1 Å². The lowest BCUT2D eigenvalue weighted by atomic mass is 10.3. The molecule has 0 bridgehead atoms. The summed E-state index contributed by atoms with van der Waals surface area (Å²) in [5.41, 5.74) is 5.53. The normalized spacial score (nSPS) is 10.0. The number of ether oxygens (including phenoxy) is 1. The number of hydrogen-bond acceptors (Lipinski definition) is 5. The van der Waals surface area contributed by atoms with Crippen molar-refractivity contribution in [2.24, 2.45) is 0 Å². The Kier molecular flexibility index (Phi) is 4.35. The van der Waals surface area contributed by atoms with E-state index in [0.717, 1.165) is 18.7 Å². The summed E-state index contributed by atoms with van der Waals surface area (Å²) in [7, 11) is 0. The number of aromatic nitrogens is 2. The van der Waals surface area contributed by atoms with Crippen molar-refractivity contribution in [3.05, 3.63) is 42.7 Å². The molecule has 0 unspecified atom stereocenters. The van der Waals surface area contributed by atoms with Gasteiger partial charge in [-0.15, -0.1) is 0 Å². The van der Waals surface area contributed by atoms with Crippen LogP contribution in [0.4, 0.5) is 11.6 Å². The minimum Gasteiger partial charge on any atom is -0.494 e. The van der Waals surface area contributed by atoms with Gasteiger partial charge in [-0.1, -0.05) is 18.2 Å². The maximum Gasteiger partial charge on any atom is 0.146 e. The van der Waals surface area contributed by atoms with E-state index in [1.54, 1.807) is 6.20 Å². The van der Waals surface area contributed by atoms with Gasteiger partial charge in [0.05, 0.1) is 19.0 Å². The summed E-state index contributed by atoms with van der Waals surface area (Å²) in [6, 6.07) is 9.76. The molecule has 0 saturated carbocycles. The van der Waals surface area contributed by atoms with Crippen LogP contribution in [0.2, 0.25) is 0 Å². The molecular weight excluding hydrogens is 228 g/mol. The summed E-state index contributed by atoms with van der Waals surface area (Å²) in [4.78, 5) is 8.04. The largest absolute Gasteiger partial charge is 0.494 e. The summed E-state index contributed by atoms with van der Waals surface area (Å²) in [5, 5.41) is 3.14. The van der Waals surface area contributed by atoms with Crippen LogP contribution < -0.4 is 15.8 Å². The van der Waals surface area contributed by atoms with Gasteiger partial charge in [0.25, 0.3) is 0 Å². The Morgan fingerprint density at radius 3 is 2.78 bits per heavy atom. The number of hydrogen-bond donors (Lipinski definition) is 2. The Labute approximate surface area is 106 Å². The molecule has 18 heavy (non-hydrogen) atoms. The molecule has 0 aliphatic heterocycles. The van der Waals surface area contributed by atoms with Gasteiger partial charge in [-0.2, -0.15) is 0 Å². The van der Waals surface area contributed by atoms with Crippen LogP contribution in [0.25, 0.3) is 0 Å². The van der Waals surface area contributed by atoms with E-state index < -0.39 is 0 Å². The maximum absolute atomic E-state index is 5.57. The van der Waals surface area contributed by atoms with E-state index >= 15 is 0 Å². The van der Waals surface area contributed by atoms with Crippen LogP contribution in [0.1, 0.15) is 6.42 Å². The molecule has 0 fully saturated rings. The summed E-state index contributed by atoms with van der Waals surface area (Å²) < 4.78 is 5.57. The average molecular weight is 244 g/mol. The van der Waals surface area contributed by atoms with Gasteiger partial charge in [0.15, 0.2) is 0 Å². The molecular formula is C13H16N4O. The van der Waals surface area contributed by atoms with Crippen LogP contribution in [0.15, 0.2) is 42.7 Å². The first-order chi connectivity index (χ1) is 8.84. The van der Waals surface area contributed by atoms with Gasteiger partial charge in [-0.05, 0) is 18.6 Å². The Morgan fingerprint density at radius 2 is 2.00 bits per heavy atom. The highest BCUT2D eigenvalue weighted by Crippen LogP contribution is 2.08. The lowest BCUT2D eigenvalue weighted by molar-refractivity contribution is 0.315. The minimum absolute atomic E-state index is 0.417. The van der Waals surface area contributed by atoms with Crippen molar-refractivity contribution in [1.29, 1.82) is 0 Å². The number of nitrogen functional groups attached to an aromatic ring is 1. The smallest absolute Gasteiger partial charge is 0.146 e. The number of benzene rings is 1. The zero-order chi connectivity index (χ0) is 12.6. The van der Waals surface area contributed by atoms with E-state index in [2.05, 4.69) is 15.3 Å². The van der Waals surface area contributed by atoms with Crippen LogP contribution in [0, 0.1) is 0 Å². The van der Waals surface area contributed by atoms with E-state index in [-0.39, 0.29) is 0 Å². The predicted octanol–water partition coefficient (Wildman–Crippen LogP) is 1.94. The molecule has 0 atom stereocenters. The molecule has 5 heteroatoms. The summed E-state index contributed by atoms with van der Waals surface area (Å²) >= 11 is 0. The average Bonchev–Trinajstić information content (AvgIpc) is 2.40. The third-order valence-electron chi connectivity index (χ3n) is 2.29. The topological polar surface area (TPSA) is 73.1 Å². The fraction of sp³-hybridized carbons (Fsp3) is 0.231. The lowest BCUT2D eigenvalue weighted by Crippen LogP contribution is -2.09. The van der Waals surface area contributed by atoms with Gasteiger partial charge in [-0.25, -0.2) is 4.98 Å². The van der Waals surface area contributed by atoms with E-state index in [1.807, 2.05) is 30.3 Å². The molecule has 0 aliphatic carbocycles. The Balaban J connectivity index is 1.65. The van der Waals surface area contributed by atoms with Crippen LogP contribution in [0.5, 0.6) is 5.75 Å². The molecule has 94 valence electrons. The fourth-order valence-electron chi connectivity index (χ4n) is 1.46. The highest BCUT2D eigenvalue weighted by Gasteiger charge is 1.95. The first-order valence-electron chi connectivity index (χ1n) is 5.84. The number of nitrogens with zero attached hydrogens (tertiary/aromatic N) is 2. The number of nitrogens with two attached hydrogens (primary N) is 1. The molecule has 0 saturated heterocycles. The van der Waals surface area contributed by atoms with Gasteiger partial charge < -0.3 is 15.8 Å². The number of anilines is 2. The van der Waals surface area contributed by atoms with Crippen LogP contribution >= 0.6 is 0 Å². The standard InChI is InChI=1S/C13H16N4O/c14-12-9-15-10-13(17-12)16-7-4-8-18-11-5-2-1-3-6-11/h1-3,5-6,9-10H,4,7-8H2,(H3,14,16,17). The maximum atomic E-state index is 5.57. The molecule has 0 amide bonds. The molecule has 1 heterocycles. The zero-order valence-corrected chi connectivity index (χ0v) is 10.0. The van der Waals surface area contributed by atoms with Crippen molar-refractivity contribution in [1.82, 2.24) is 9.97 Å². The van der Waals surface area contributed by atoms with Crippen molar-refractivity contribution in [3.8, 4) is 5.75 Å². The van der Waals surface area contributed by atoms with Gasteiger partial charge >= 0.3 is 0 Å². The van der Waals surface area contributed by atoms with Crippen molar-refractivity contribution in [2.45, 2.75) is 6.42 Å². The molecule has 5 nitrogen and oxygen atoms in total. The lowest BCUT2D eigenvalue weighted by Gasteiger charge is -2.07.